The lowest BCUT2D eigenvalue weighted by atomic mass is 10.0. The predicted molar refractivity (Wildman–Crippen MR) is 85.6 cm³/mol. The van der Waals surface area contributed by atoms with Crippen molar-refractivity contribution in [2.45, 2.75) is 52.7 Å². The zero-order valence-electron chi connectivity index (χ0n) is 13.2. The smallest absolute Gasteiger partial charge is 0.143 e. The Balaban J connectivity index is 2.29. The Morgan fingerprint density at radius 1 is 1.35 bits per heavy atom. The lowest BCUT2D eigenvalue weighted by Crippen LogP contribution is -2.47. The number of hydrogen-bond acceptors (Lipinski definition) is 3. The van der Waals surface area contributed by atoms with Gasteiger partial charge in [-0.3, -0.25) is 0 Å². The average Bonchev–Trinajstić information content (AvgIpc) is 2.46. The van der Waals surface area contributed by atoms with Gasteiger partial charge in [0, 0.05) is 12.6 Å². The maximum atomic E-state index is 6.17. The molecule has 2 atom stereocenters. The van der Waals surface area contributed by atoms with E-state index in [1.807, 2.05) is 0 Å². The van der Waals surface area contributed by atoms with Crippen LogP contribution in [0.25, 0.3) is 0 Å². The molecule has 112 valence electrons. The van der Waals surface area contributed by atoms with Gasteiger partial charge in [-0.1, -0.05) is 33.8 Å². The number of nitrogens with zero attached hydrogens (tertiary/aromatic N) is 1. The Morgan fingerprint density at radius 3 is 2.70 bits per heavy atom. The van der Waals surface area contributed by atoms with E-state index in [1.54, 1.807) is 0 Å². The standard InChI is InChI=1S/C17H28N2O/c1-5-13-7-8-16-15(9-13)19(10-14(18)6-2)11-17(20-16)12(3)4/h7-9,12,14,17H,5-6,10-11,18H2,1-4H3. The number of fused-ring (bicyclic) bond motifs is 1. The van der Waals surface area contributed by atoms with Gasteiger partial charge in [0.05, 0.1) is 12.2 Å². The molecule has 1 aromatic carbocycles. The van der Waals surface area contributed by atoms with Crippen molar-refractivity contribution in [2.75, 3.05) is 18.0 Å². The quantitative estimate of drug-likeness (QED) is 0.897. The average molecular weight is 276 g/mol. The molecule has 1 aliphatic rings. The first-order chi connectivity index (χ1) is 9.55. The molecule has 1 heterocycles. The second-order valence-electron chi connectivity index (χ2n) is 6.13. The summed E-state index contributed by atoms with van der Waals surface area (Å²) in [5.74, 6) is 1.52. The summed E-state index contributed by atoms with van der Waals surface area (Å²) in [4.78, 5) is 2.41. The van der Waals surface area contributed by atoms with E-state index in [9.17, 15) is 0 Å². The van der Waals surface area contributed by atoms with Gasteiger partial charge in [-0.25, -0.2) is 0 Å². The first kappa shape index (κ1) is 15.2. The van der Waals surface area contributed by atoms with E-state index >= 15 is 0 Å². The molecular formula is C17H28N2O. The highest BCUT2D eigenvalue weighted by Crippen LogP contribution is 2.36. The van der Waals surface area contributed by atoms with Crippen molar-refractivity contribution in [3.8, 4) is 5.75 Å². The summed E-state index contributed by atoms with van der Waals surface area (Å²) in [6.45, 7) is 10.6. The second-order valence-corrected chi connectivity index (χ2v) is 6.13. The van der Waals surface area contributed by atoms with Crippen LogP contribution in [0, 0.1) is 5.92 Å². The molecule has 0 saturated heterocycles. The highest BCUT2D eigenvalue weighted by Gasteiger charge is 2.28. The number of anilines is 1. The van der Waals surface area contributed by atoms with Crippen LogP contribution in [0.15, 0.2) is 18.2 Å². The van der Waals surface area contributed by atoms with Crippen LogP contribution in [0.3, 0.4) is 0 Å². The number of aryl methyl sites for hydroxylation is 1. The maximum absolute atomic E-state index is 6.17. The third-order valence-corrected chi connectivity index (χ3v) is 4.17. The summed E-state index contributed by atoms with van der Waals surface area (Å²) in [5, 5.41) is 0. The van der Waals surface area contributed by atoms with Crippen molar-refractivity contribution in [3.63, 3.8) is 0 Å². The lowest BCUT2D eigenvalue weighted by Gasteiger charge is -2.39. The van der Waals surface area contributed by atoms with E-state index in [-0.39, 0.29) is 12.1 Å². The van der Waals surface area contributed by atoms with Gasteiger partial charge in [0.2, 0.25) is 0 Å². The highest BCUT2D eigenvalue weighted by molar-refractivity contribution is 5.62. The van der Waals surface area contributed by atoms with Gasteiger partial charge < -0.3 is 15.4 Å². The molecule has 0 fully saturated rings. The van der Waals surface area contributed by atoms with Crippen LogP contribution >= 0.6 is 0 Å². The Hall–Kier alpha value is -1.22. The molecular weight excluding hydrogens is 248 g/mol. The fourth-order valence-corrected chi connectivity index (χ4v) is 2.58. The first-order valence-corrected chi connectivity index (χ1v) is 7.85. The minimum Gasteiger partial charge on any atom is -0.486 e. The van der Waals surface area contributed by atoms with Gasteiger partial charge in [-0.15, -0.1) is 0 Å². The Labute approximate surface area is 123 Å². The summed E-state index contributed by atoms with van der Waals surface area (Å²) in [5.41, 5.74) is 8.74. The highest BCUT2D eigenvalue weighted by atomic mass is 16.5. The Bertz CT molecular complexity index is 445. The van der Waals surface area contributed by atoms with Gasteiger partial charge in [-0.05, 0) is 36.5 Å². The topological polar surface area (TPSA) is 38.5 Å². The van der Waals surface area contributed by atoms with Crippen LogP contribution in [0.2, 0.25) is 0 Å². The molecule has 3 heteroatoms. The molecule has 0 aliphatic carbocycles. The van der Waals surface area contributed by atoms with E-state index in [2.05, 4.69) is 50.8 Å². The summed E-state index contributed by atoms with van der Waals surface area (Å²) in [6.07, 6.45) is 2.31. The van der Waals surface area contributed by atoms with Gasteiger partial charge in [-0.2, -0.15) is 0 Å². The molecule has 2 rings (SSSR count). The van der Waals surface area contributed by atoms with Crippen molar-refractivity contribution in [1.29, 1.82) is 0 Å². The van der Waals surface area contributed by atoms with Crippen LogP contribution in [-0.4, -0.2) is 25.2 Å². The number of ether oxygens (including phenoxy) is 1. The molecule has 2 N–H and O–H groups in total. The fraction of sp³-hybridized carbons (Fsp3) is 0.647. The molecule has 0 aromatic heterocycles. The van der Waals surface area contributed by atoms with Crippen LogP contribution in [0.5, 0.6) is 5.75 Å². The predicted octanol–water partition coefficient (Wildman–Crippen LogP) is 3.21. The number of benzene rings is 1. The first-order valence-electron chi connectivity index (χ1n) is 7.85. The molecule has 2 unspecified atom stereocenters. The van der Waals surface area contributed by atoms with Crippen molar-refractivity contribution in [2.24, 2.45) is 11.7 Å². The van der Waals surface area contributed by atoms with Crippen LogP contribution < -0.4 is 15.4 Å². The molecule has 3 nitrogen and oxygen atoms in total. The monoisotopic (exact) mass is 276 g/mol. The summed E-state index contributed by atoms with van der Waals surface area (Å²) >= 11 is 0. The van der Waals surface area contributed by atoms with Crippen molar-refractivity contribution < 1.29 is 4.74 Å². The molecule has 0 saturated carbocycles. The lowest BCUT2D eigenvalue weighted by molar-refractivity contribution is 0.145. The van der Waals surface area contributed by atoms with Crippen LogP contribution in [0.1, 0.15) is 39.7 Å². The van der Waals surface area contributed by atoms with Gasteiger partial charge >= 0.3 is 0 Å². The van der Waals surface area contributed by atoms with E-state index < -0.39 is 0 Å². The third-order valence-electron chi connectivity index (χ3n) is 4.17. The molecule has 1 aromatic rings. The van der Waals surface area contributed by atoms with Crippen molar-refractivity contribution in [1.82, 2.24) is 0 Å². The van der Waals surface area contributed by atoms with Crippen LogP contribution in [-0.2, 0) is 6.42 Å². The SMILES string of the molecule is CCc1ccc2c(c1)N(CC(N)CC)CC(C(C)C)O2. The van der Waals surface area contributed by atoms with Crippen LogP contribution in [0.4, 0.5) is 5.69 Å². The number of hydrogen-bond donors (Lipinski definition) is 1. The van der Waals surface area contributed by atoms with E-state index in [0.29, 0.717) is 5.92 Å². The van der Waals surface area contributed by atoms with Crippen molar-refractivity contribution in [3.05, 3.63) is 23.8 Å². The Morgan fingerprint density at radius 2 is 2.10 bits per heavy atom. The zero-order chi connectivity index (χ0) is 14.7. The minimum absolute atomic E-state index is 0.221. The Kier molecular flexibility index (Phi) is 4.92. The summed E-state index contributed by atoms with van der Waals surface area (Å²) in [6, 6.07) is 6.76. The molecule has 0 amide bonds. The number of nitrogens with two attached hydrogens (primary N) is 1. The molecule has 0 spiro atoms. The molecule has 0 radical (unpaired) electrons. The minimum atomic E-state index is 0.221. The third kappa shape index (κ3) is 3.26. The van der Waals surface area contributed by atoms with E-state index in [4.69, 9.17) is 10.5 Å². The summed E-state index contributed by atoms with van der Waals surface area (Å²) in [7, 11) is 0. The second kappa shape index (κ2) is 6.49. The summed E-state index contributed by atoms with van der Waals surface area (Å²) < 4.78 is 6.16. The molecule has 1 aliphatic heterocycles. The normalized spacial score (nSPS) is 19.7. The molecule has 20 heavy (non-hydrogen) atoms. The van der Waals surface area contributed by atoms with Crippen molar-refractivity contribution >= 4 is 5.69 Å². The van der Waals surface area contributed by atoms with E-state index in [1.165, 1.54) is 11.3 Å². The fourth-order valence-electron chi connectivity index (χ4n) is 2.58. The number of rotatable bonds is 5. The van der Waals surface area contributed by atoms with Gasteiger partial charge in [0.25, 0.3) is 0 Å². The zero-order valence-corrected chi connectivity index (χ0v) is 13.2. The van der Waals surface area contributed by atoms with Gasteiger partial charge in [0.15, 0.2) is 0 Å². The maximum Gasteiger partial charge on any atom is 0.143 e. The molecule has 0 bridgehead atoms. The largest absolute Gasteiger partial charge is 0.486 e. The van der Waals surface area contributed by atoms with E-state index in [0.717, 1.165) is 31.7 Å². The van der Waals surface area contributed by atoms with Gasteiger partial charge in [0.1, 0.15) is 11.9 Å².